The van der Waals surface area contributed by atoms with Crippen LogP contribution in [-0.4, -0.2) is 0 Å². The van der Waals surface area contributed by atoms with E-state index in [9.17, 15) is 5.11 Å². The van der Waals surface area contributed by atoms with Gasteiger partial charge in [0.25, 0.3) is 0 Å². The fraction of sp³-hybridized carbons (Fsp3) is 0.294. The predicted molar refractivity (Wildman–Crippen MR) is 74.3 cm³/mol. The largest absolute Gasteiger partial charge is 0.290 e. The Morgan fingerprint density at radius 2 is 1.17 bits per heavy atom. The van der Waals surface area contributed by atoms with Gasteiger partial charge in [0.1, 0.15) is 0 Å². The van der Waals surface area contributed by atoms with E-state index in [1.165, 1.54) is 36.8 Å². The molecule has 0 aliphatic heterocycles. The van der Waals surface area contributed by atoms with Crippen molar-refractivity contribution in [2.24, 2.45) is 0 Å². The van der Waals surface area contributed by atoms with Gasteiger partial charge in [-0.1, -0.05) is 48.9 Å². The van der Waals surface area contributed by atoms with Gasteiger partial charge in [-0.3, -0.25) is 5.11 Å². The van der Waals surface area contributed by atoms with E-state index in [0.717, 1.165) is 6.42 Å². The lowest BCUT2D eigenvalue weighted by atomic mass is 10.0. The topological polar surface area (TPSA) is 19.9 Å². The molecule has 0 N–H and O–H groups in total. The summed E-state index contributed by atoms with van der Waals surface area (Å²) in [4.78, 5) is 0. The molecule has 0 fully saturated rings. The molecule has 0 saturated carbocycles. The van der Waals surface area contributed by atoms with E-state index in [1.54, 1.807) is 12.1 Å². The normalized spacial score (nSPS) is 10.4. The summed E-state index contributed by atoms with van der Waals surface area (Å²) >= 11 is 0. The Balaban J connectivity index is 1.63. The molecule has 0 aliphatic carbocycles. The van der Waals surface area contributed by atoms with Crippen LogP contribution in [0.4, 0.5) is 0 Å². The molecule has 0 spiro atoms. The highest BCUT2D eigenvalue weighted by Crippen LogP contribution is 2.13. The second-order valence-electron chi connectivity index (χ2n) is 4.69. The molecule has 1 heteroatoms. The molecular formula is C17H19O. The van der Waals surface area contributed by atoms with Crippen LogP contribution in [0.5, 0.6) is 5.75 Å². The molecule has 0 amide bonds. The van der Waals surface area contributed by atoms with Gasteiger partial charge in [-0.25, -0.2) is 0 Å². The van der Waals surface area contributed by atoms with Gasteiger partial charge in [0.15, 0.2) is 5.75 Å². The van der Waals surface area contributed by atoms with Crippen LogP contribution in [0.15, 0.2) is 54.6 Å². The number of benzene rings is 2. The summed E-state index contributed by atoms with van der Waals surface area (Å²) in [5, 5.41) is 11.0. The van der Waals surface area contributed by atoms with Gasteiger partial charge in [0, 0.05) is 0 Å². The van der Waals surface area contributed by atoms with Crippen LogP contribution in [0.1, 0.15) is 30.4 Å². The molecule has 2 aromatic rings. The highest BCUT2D eigenvalue weighted by atomic mass is 16.3. The van der Waals surface area contributed by atoms with Crippen LogP contribution in [0, 0.1) is 0 Å². The Labute approximate surface area is 109 Å². The van der Waals surface area contributed by atoms with E-state index in [4.69, 9.17) is 0 Å². The van der Waals surface area contributed by atoms with Crippen molar-refractivity contribution in [3.63, 3.8) is 0 Å². The van der Waals surface area contributed by atoms with Gasteiger partial charge in [-0.2, -0.15) is 0 Å². The molecule has 0 heterocycles. The van der Waals surface area contributed by atoms with Crippen molar-refractivity contribution in [3.05, 3.63) is 65.7 Å². The van der Waals surface area contributed by atoms with E-state index in [-0.39, 0.29) is 5.75 Å². The molecule has 0 atom stereocenters. The molecule has 0 bridgehead atoms. The van der Waals surface area contributed by atoms with Gasteiger partial charge in [-0.15, -0.1) is 0 Å². The Morgan fingerprint density at radius 1 is 0.611 bits per heavy atom. The van der Waals surface area contributed by atoms with Crippen molar-refractivity contribution < 1.29 is 5.11 Å². The van der Waals surface area contributed by atoms with Crippen LogP contribution >= 0.6 is 0 Å². The number of rotatable bonds is 6. The number of aryl methyl sites for hydroxylation is 2. The van der Waals surface area contributed by atoms with Crippen molar-refractivity contribution in [1.82, 2.24) is 0 Å². The van der Waals surface area contributed by atoms with Crippen LogP contribution < -0.4 is 0 Å². The number of hydrogen-bond acceptors (Lipinski definition) is 0. The Kier molecular flexibility index (Phi) is 4.83. The molecule has 2 rings (SSSR count). The maximum absolute atomic E-state index is 11.0. The lowest BCUT2D eigenvalue weighted by Gasteiger charge is -2.02. The lowest BCUT2D eigenvalue weighted by molar-refractivity contribution is 0.355. The molecular weight excluding hydrogens is 220 g/mol. The van der Waals surface area contributed by atoms with Crippen LogP contribution in [0.3, 0.4) is 0 Å². The molecule has 93 valence electrons. The van der Waals surface area contributed by atoms with Gasteiger partial charge in [-0.05, 0) is 48.9 Å². The molecule has 2 aromatic carbocycles. The number of unbranched alkanes of at least 4 members (excludes halogenated alkanes) is 2. The van der Waals surface area contributed by atoms with E-state index in [2.05, 4.69) is 30.3 Å². The van der Waals surface area contributed by atoms with Crippen molar-refractivity contribution in [1.29, 1.82) is 0 Å². The van der Waals surface area contributed by atoms with Gasteiger partial charge >= 0.3 is 0 Å². The maximum Gasteiger partial charge on any atom is 0.178 e. The van der Waals surface area contributed by atoms with Crippen molar-refractivity contribution in [3.8, 4) is 5.75 Å². The SMILES string of the molecule is [O]c1ccc(CCCCCc2ccccc2)cc1. The first-order valence-electron chi connectivity index (χ1n) is 6.64. The van der Waals surface area contributed by atoms with Gasteiger partial charge in [0.05, 0.1) is 0 Å². The van der Waals surface area contributed by atoms with Crippen molar-refractivity contribution >= 4 is 0 Å². The summed E-state index contributed by atoms with van der Waals surface area (Å²) < 4.78 is 0. The minimum absolute atomic E-state index is 0.0998. The summed E-state index contributed by atoms with van der Waals surface area (Å²) in [7, 11) is 0. The number of hydrogen-bond donors (Lipinski definition) is 0. The fourth-order valence-corrected chi connectivity index (χ4v) is 2.14. The standard InChI is InChI=1S/C17H19O/c18-17-13-11-16(12-14-17)10-6-2-5-9-15-7-3-1-4-8-15/h1,3-4,7-8,11-14H,2,5-6,9-10H2. The average molecular weight is 239 g/mol. The first-order chi connectivity index (χ1) is 8.84. The third-order valence-corrected chi connectivity index (χ3v) is 3.20. The van der Waals surface area contributed by atoms with Crippen LogP contribution in [0.25, 0.3) is 0 Å². The van der Waals surface area contributed by atoms with Gasteiger partial charge in [0.2, 0.25) is 0 Å². The average Bonchev–Trinajstić information content (AvgIpc) is 2.42. The Hall–Kier alpha value is -1.76. The third kappa shape index (κ3) is 4.25. The molecule has 1 nitrogen and oxygen atoms in total. The zero-order chi connectivity index (χ0) is 12.6. The third-order valence-electron chi connectivity index (χ3n) is 3.20. The second kappa shape index (κ2) is 6.85. The summed E-state index contributed by atoms with van der Waals surface area (Å²) in [6, 6.07) is 17.8. The van der Waals surface area contributed by atoms with E-state index < -0.39 is 0 Å². The maximum atomic E-state index is 11.0. The zero-order valence-electron chi connectivity index (χ0n) is 10.6. The molecule has 18 heavy (non-hydrogen) atoms. The monoisotopic (exact) mass is 239 g/mol. The molecule has 0 aromatic heterocycles. The molecule has 1 radical (unpaired) electrons. The smallest absolute Gasteiger partial charge is 0.178 e. The molecule has 0 saturated heterocycles. The quantitative estimate of drug-likeness (QED) is 0.646. The van der Waals surface area contributed by atoms with E-state index in [1.807, 2.05) is 12.1 Å². The van der Waals surface area contributed by atoms with Gasteiger partial charge < -0.3 is 0 Å². The minimum Gasteiger partial charge on any atom is -0.290 e. The minimum atomic E-state index is 0.0998. The highest BCUT2D eigenvalue weighted by molar-refractivity contribution is 5.25. The Bertz CT molecular complexity index is 445. The van der Waals surface area contributed by atoms with Crippen LogP contribution in [0.2, 0.25) is 0 Å². The second-order valence-corrected chi connectivity index (χ2v) is 4.69. The first kappa shape index (κ1) is 12.7. The van der Waals surface area contributed by atoms with Crippen molar-refractivity contribution in [2.45, 2.75) is 32.1 Å². The van der Waals surface area contributed by atoms with Crippen molar-refractivity contribution in [2.75, 3.05) is 0 Å². The Morgan fingerprint density at radius 3 is 1.78 bits per heavy atom. The fourth-order valence-electron chi connectivity index (χ4n) is 2.14. The summed E-state index contributed by atoms with van der Waals surface area (Å²) in [6.45, 7) is 0. The molecule has 0 aliphatic rings. The summed E-state index contributed by atoms with van der Waals surface area (Å²) in [5.41, 5.74) is 2.70. The predicted octanol–water partition coefficient (Wildman–Crippen LogP) is 4.79. The first-order valence-corrected chi connectivity index (χ1v) is 6.64. The molecule has 0 unspecified atom stereocenters. The van der Waals surface area contributed by atoms with E-state index in [0.29, 0.717) is 0 Å². The summed E-state index contributed by atoms with van der Waals surface area (Å²) in [5.74, 6) is 0.0998. The zero-order valence-corrected chi connectivity index (χ0v) is 10.6. The van der Waals surface area contributed by atoms with Crippen LogP contribution in [-0.2, 0) is 17.9 Å². The summed E-state index contributed by atoms with van der Waals surface area (Å²) in [6.07, 6.45) is 5.93. The van der Waals surface area contributed by atoms with E-state index >= 15 is 0 Å². The highest BCUT2D eigenvalue weighted by Gasteiger charge is 1.96. The lowest BCUT2D eigenvalue weighted by Crippen LogP contribution is -1.88.